The van der Waals surface area contributed by atoms with Crippen LogP contribution in [0.3, 0.4) is 0 Å². The van der Waals surface area contributed by atoms with E-state index in [4.69, 9.17) is 9.31 Å². The molecule has 1 N–H and O–H groups in total. The minimum absolute atomic E-state index is 0.00833. The van der Waals surface area contributed by atoms with Gasteiger partial charge in [-0.2, -0.15) is 8.42 Å². The van der Waals surface area contributed by atoms with Crippen molar-refractivity contribution in [2.24, 2.45) is 0 Å². The Morgan fingerprint density at radius 1 is 1.04 bits per heavy atom. The number of carboxylic acids is 1. The highest BCUT2D eigenvalue weighted by Gasteiger charge is 2.53. The standard InChI is InChI=1S/C16H22BFO7S/c1-8-11(14(19)20)9(2)13(23-26(18,21)22)10(3)12(8)17-24-15(4,5)16(6,7)25-17/h1-7H3,(H,19,20). The molecule has 1 aliphatic rings. The lowest BCUT2D eigenvalue weighted by molar-refractivity contribution is 0.00578. The van der Waals surface area contributed by atoms with E-state index in [0.717, 1.165) is 0 Å². The van der Waals surface area contributed by atoms with Crippen LogP contribution in [-0.4, -0.2) is 37.8 Å². The van der Waals surface area contributed by atoms with Gasteiger partial charge in [-0.1, -0.05) is 3.89 Å². The first kappa shape index (κ1) is 20.7. The average molecular weight is 388 g/mol. The number of hydrogen-bond donors (Lipinski definition) is 1. The van der Waals surface area contributed by atoms with Crippen molar-refractivity contribution in [1.82, 2.24) is 0 Å². The third-order valence-corrected chi connectivity index (χ3v) is 5.49. The Morgan fingerprint density at radius 3 is 1.88 bits per heavy atom. The highest BCUT2D eigenvalue weighted by Crippen LogP contribution is 2.38. The Kier molecular flexibility index (Phi) is 4.94. The monoisotopic (exact) mass is 388 g/mol. The van der Waals surface area contributed by atoms with Crippen LogP contribution >= 0.6 is 0 Å². The van der Waals surface area contributed by atoms with Gasteiger partial charge in [0, 0.05) is 5.56 Å². The van der Waals surface area contributed by atoms with Crippen molar-refractivity contribution in [3.63, 3.8) is 0 Å². The minimum atomic E-state index is -5.34. The smallest absolute Gasteiger partial charge is 0.478 e. The quantitative estimate of drug-likeness (QED) is 0.624. The lowest BCUT2D eigenvalue weighted by Crippen LogP contribution is -2.41. The van der Waals surface area contributed by atoms with Crippen LogP contribution in [-0.2, 0) is 19.8 Å². The van der Waals surface area contributed by atoms with Crippen molar-refractivity contribution in [3.8, 4) is 5.75 Å². The maximum atomic E-state index is 13.2. The molecule has 1 saturated heterocycles. The van der Waals surface area contributed by atoms with E-state index < -0.39 is 34.8 Å². The predicted molar refractivity (Wildman–Crippen MR) is 94.0 cm³/mol. The molecule has 1 heterocycles. The zero-order chi connectivity index (χ0) is 20.2. The zero-order valence-electron chi connectivity index (χ0n) is 15.8. The fourth-order valence-corrected chi connectivity index (χ4v) is 3.52. The van der Waals surface area contributed by atoms with E-state index >= 15 is 0 Å². The third-order valence-electron chi connectivity index (χ3n) is 5.12. The Hall–Kier alpha value is -1.65. The summed E-state index contributed by atoms with van der Waals surface area (Å²) in [5, 5.41) is 9.55. The molecule has 0 atom stereocenters. The topological polar surface area (TPSA) is 99.1 Å². The van der Waals surface area contributed by atoms with Gasteiger partial charge in [0.1, 0.15) is 0 Å². The Bertz CT molecular complexity index is 861. The van der Waals surface area contributed by atoms with Crippen molar-refractivity contribution in [1.29, 1.82) is 0 Å². The summed E-state index contributed by atoms with van der Waals surface area (Å²) < 4.78 is 51.5. The van der Waals surface area contributed by atoms with Gasteiger partial charge in [-0.15, -0.1) is 0 Å². The number of benzene rings is 1. The number of rotatable bonds is 4. The molecule has 2 rings (SSSR count). The summed E-state index contributed by atoms with van der Waals surface area (Å²) >= 11 is 0. The summed E-state index contributed by atoms with van der Waals surface area (Å²) in [5.41, 5.74) is -0.673. The SMILES string of the molecule is Cc1c(OS(=O)(=O)F)c(C)c(C(=O)O)c(C)c1B1OC(C)(C)C(C)(C)O1. The maximum absolute atomic E-state index is 13.2. The molecule has 1 aromatic rings. The highest BCUT2D eigenvalue weighted by atomic mass is 32.3. The highest BCUT2D eigenvalue weighted by molar-refractivity contribution is 7.81. The van der Waals surface area contributed by atoms with Gasteiger partial charge in [0.15, 0.2) is 5.75 Å². The number of hydrogen-bond acceptors (Lipinski definition) is 6. The molecule has 0 aliphatic carbocycles. The number of carbonyl (C=O) groups is 1. The molecule has 0 amide bonds. The molecule has 1 aromatic carbocycles. The molecule has 0 radical (unpaired) electrons. The van der Waals surface area contributed by atoms with Gasteiger partial charge in [-0.05, 0) is 65.1 Å². The van der Waals surface area contributed by atoms with Crippen LogP contribution in [0.2, 0.25) is 0 Å². The van der Waals surface area contributed by atoms with Gasteiger partial charge in [0.2, 0.25) is 0 Å². The van der Waals surface area contributed by atoms with E-state index in [0.29, 0.717) is 11.0 Å². The van der Waals surface area contributed by atoms with Crippen LogP contribution in [0.1, 0.15) is 54.7 Å². The summed E-state index contributed by atoms with van der Waals surface area (Å²) in [5.74, 6) is -1.67. The van der Waals surface area contributed by atoms with Gasteiger partial charge in [0.25, 0.3) is 0 Å². The molecule has 0 bridgehead atoms. The molecule has 0 aromatic heterocycles. The molecule has 1 fully saturated rings. The summed E-state index contributed by atoms with van der Waals surface area (Å²) in [4.78, 5) is 11.7. The largest absolute Gasteiger partial charge is 0.495 e. The first-order chi connectivity index (χ1) is 11.6. The fraction of sp³-hybridized carbons (Fsp3) is 0.562. The van der Waals surface area contributed by atoms with E-state index in [1.165, 1.54) is 13.8 Å². The first-order valence-corrected chi connectivity index (χ1v) is 9.26. The van der Waals surface area contributed by atoms with Gasteiger partial charge < -0.3 is 18.6 Å². The Labute approximate surface area is 153 Å². The maximum Gasteiger partial charge on any atom is 0.495 e. The first-order valence-electron chi connectivity index (χ1n) is 7.95. The summed E-state index contributed by atoms with van der Waals surface area (Å²) in [6, 6.07) is 0. The van der Waals surface area contributed by atoms with Crippen molar-refractivity contribution in [3.05, 3.63) is 22.3 Å². The van der Waals surface area contributed by atoms with Gasteiger partial charge in [0.05, 0.1) is 16.8 Å². The van der Waals surface area contributed by atoms with Crippen molar-refractivity contribution >= 4 is 29.1 Å². The van der Waals surface area contributed by atoms with E-state index in [9.17, 15) is 22.2 Å². The summed E-state index contributed by atoms with van der Waals surface area (Å²) in [6.45, 7) is 11.7. The van der Waals surface area contributed by atoms with Crippen LogP contribution in [0.5, 0.6) is 5.75 Å². The second-order valence-electron chi connectivity index (χ2n) is 7.36. The van der Waals surface area contributed by atoms with Crippen LogP contribution in [0.15, 0.2) is 0 Å². The van der Waals surface area contributed by atoms with Crippen LogP contribution in [0.25, 0.3) is 0 Å². The average Bonchev–Trinajstić information content (AvgIpc) is 2.61. The predicted octanol–water partition coefficient (Wildman–Crippen LogP) is 2.20. The van der Waals surface area contributed by atoms with Crippen LogP contribution in [0, 0.1) is 20.8 Å². The number of carboxylic acid groups (broad SMARTS) is 1. The molecule has 0 spiro atoms. The lowest BCUT2D eigenvalue weighted by Gasteiger charge is -2.32. The Morgan fingerprint density at radius 2 is 1.50 bits per heavy atom. The molecule has 0 saturated carbocycles. The molecular weight excluding hydrogens is 366 g/mol. The van der Waals surface area contributed by atoms with Crippen molar-refractivity contribution in [2.75, 3.05) is 0 Å². The summed E-state index contributed by atoms with van der Waals surface area (Å²) in [6.07, 6.45) is 0. The van der Waals surface area contributed by atoms with E-state index in [1.54, 1.807) is 6.92 Å². The molecule has 144 valence electrons. The van der Waals surface area contributed by atoms with Crippen molar-refractivity contribution in [2.45, 2.75) is 59.7 Å². The third kappa shape index (κ3) is 3.45. The molecule has 7 nitrogen and oxygen atoms in total. The van der Waals surface area contributed by atoms with E-state index in [1.807, 2.05) is 27.7 Å². The minimum Gasteiger partial charge on any atom is -0.478 e. The molecular formula is C16H22BFO7S. The number of aromatic carboxylic acids is 1. The van der Waals surface area contributed by atoms with Gasteiger partial charge >= 0.3 is 23.6 Å². The molecule has 26 heavy (non-hydrogen) atoms. The second-order valence-corrected chi connectivity index (χ2v) is 8.32. The van der Waals surface area contributed by atoms with Crippen LogP contribution in [0.4, 0.5) is 3.89 Å². The second kappa shape index (κ2) is 6.21. The fourth-order valence-electron chi connectivity index (χ4n) is 3.07. The molecule has 1 aliphatic heterocycles. The van der Waals surface area contributed by atoms with Crippen LogP contribution < -0.4 is 9.65 Å². The van der Waals surface area contributed by atoms with Crippen molar-refractivity contribution < 1.29 is 35.7 Å². The Balaban J connectivity index is 2.76. The normalized spacial score (nSPS) is 18.8. The zero-order valence-corrected chi connectivity index (χ0v) is 16.6. The summed E-state index contributed by atoms with van der Waals surface area (Å²) in [7, 11) is -6.29. The number of halogens is 1. The lowest BCUT2D eigenvalue weighted by atomic mass is 9.71. The van der Waals surface area contributed by atoms with Gasteiger partial charge in [-0.25, -0.2) is 4.79 Å². The molecule has 10 heteroatoms. The van der Waals surface area contributed by atoms with Gasteiger partial charge in [-0.3, -0.25) is 0 Å². The van der Waals surface area contributed by atoms with E-state index in [-0.39, 0.29) is 22.4 Å². The molecule has 0 unspecified atom stereocenters. The van der Waals surface area contributed by atoms with E-state index in [2.05, 4.69) is 4.18 Å².